The second-order valence-electron chi connectivity index (χ2n) is 7.96. The van der Waals surface area contributed by atoms with Gasteiger partial charge in [-0.25, -0.2) is 14.4 Å². The number of rotatable bonds is 7. The van der Waals surface area contributed by atoms with E-state index >= 15 is 0 Å². The molecular formula is C25H25FN4O3. The summed E-state index contributed by atoms with van der Waals surface area (Å²) in [6, 6.07) is 15.7. The normalized spacial score (nSPS) is 12.9. The van der Waals surface area contributed by atoms with Crippen molar-refractivity contribution in [2.75, 3.05) is 18.6 Å². The lowest BCUT2D eigenvalue weighted by atomic mass is 10.0. The first-order valence-corrected chi connectivity index (χ1v) is 10.7. The Labute approximate surface area is 191 Å². The summed E-state index contributed by atoms with van der Waals surface area (Å²) < 4.78 is 19.0. The van der Waals surface area contributed by atoms with Gasteiger partial charge in [-0.05, 0) is 31.0 Å². The van der Waals surface area contributed by atoms with Crippen LogP contribution in [-0.4, -0.2) is 40.3 Å². The standard InChI is InChI=1S/C25H25FN4O3/c1-17-19-12-13-23(31)30(14-18-8-4-3-5-9-18)25(19)28-22(27-17)15-29(2)24(32)16-33-21-11-7-6-10-20(21)26/h3-11H,12-16H2,1-2H3. The average molecular weight is 448 g/mol. The fourth-order valence-electron chi connectivity index (χ4n) is 3.75. The number of benzene rings is 2. The molecule has 0 saturated heterocycles. The van der Waals surface area contributed by atoms with Crippen molar-refractivity contribution in [1.29, 1.82) is 0 Å². The quantitative estimate of drug-likeness (QED) is 0.554. The second-order valence-corrected chi connectivity index (χ2v) is 7.96. The van der Waals surface area contributed by atoms with Crippen LogP contribution >= 0.6 is 0 Å². The minimum absolute atomic E-state index is 0.0121. The molecule has 0 N–H and O–H groups in total. The predicted octanol–water partition coefficient (Wildman–Crippen LogP) is 3.44. The number of likely N-dealkylation sites (N-methyl/N-ethyl adjacent to an activating group) is 1. The van der Waals surface area contributed by atoms with Crippen LogP contribution in [0.1, 0.15) is 29.1 Å². The first-order valence-electron chi connectivity index (χ1n) is 10.7. The van der Waals surface area contributed by atoms with Crippen LogP contribution in [0.5, 0.6) is 5.75 Å². The summed E-state index contributed by atoms with van der Waals surface area (Å²) in [4.78, 5) is 37.6. The maximum atomic E-state index is 13.7. The molecule has 0 saturated carbocycles. The summed E-state index contributed by atoms with van der Waals surface area (Å²) in [5.41, 5.74) is 2.75. The van der Waals surface area contributed by atoms with E-state index in [-0.39, 0.29) is 30.7 Å². The number of hydrogen-bond acceptors (Lipinski definition) is 5. The van der Waals surface area contributed by atoms with E-state index in [4.69, 9.17) is 4.74 Å². The lowest BCUT2D eigenvalue weighted by Gasteiger charge is -2.30. The molecule has 33 heavy (non-hydrogen) atoms. The summed E-state index contributed by atoms with van der Waals surface area (Å²) in [5, 5.41) is 0. The molecule has 2 heterocycles. The first-order chi connectivity index (χ1) is 15.9. The van der Waals surface area contributed by atoms with Crippen LogP contribution in [0.3, 0.4) is 0 Å². The van der Waals surface area contributed by atoms with E-state index in [1.807, 2.05) is 37.3 Å². The molecule has 4 rings (SSSR count). The van der Waals surface area contributed by atoms with E-state index in [9.17, 15) is 14.0 Å². The largest absolute Gasteiger partial charge is 0.481 e. The summed E-state index contributed by atoms with van der Waals surface area (Å²) in [6.07, 6.45) is 1.01. The second kappa shape index (κ2) is 9.77. The number of ether oxygens (including phenoxy) is 1. The lowest BCUT2D eigenvalue weighted by molar-refractivity contribution is -0.132. The third kappa shape index (κ3) is 5.16. The number of hydrogen-bond donors (Lipinski definition) is 0. The van der Waals surface area contributed by atoms with Gasteiger partial charge in [0.1, 0.15) is 11.6 Å². The van der Waals surface area contributed by atoms with Gasteiger partial charge in [-0.2, -0.15) is 0 Å². The molecule has 0 bridgehead atoms. The van der Waals surface area contributed by atoms with Crippen molar-refractivity contribution in [2.45, 2.75) is 32.9 Å². The van der Waals surface area contributed by atoms with E-state index < -0.39 is 5.82 Å². The number of fused-ring (bicyclic) bond motifs is 1. The van der Waals surface area contributed by atoms with E-state index in [2.05, 4.69) is 9.97 Å². The highest BCUT2D eigenvalue weighted by Gasteiger charge is 2.28. The number of halogens is 1. The number of aromatic nitrogens is 2. The zero-order valence-electron chi connectivity index (χ0n) is 18.6. The molecule has 1 aliphatic rings. The molecule has 0 fully saturated rings. The Bertz CT molecular complexity index is 1170. The van der Waals surface area contributed by atoms with Gasteiger partial charge in [-0.3, -0.25) is 14.5 Å². The van der Waals surface area contributed by atoms with Crippen molar-refractivity contribution in [3.8, 4) is 5.75 Å². The summed E-state index contributed by atoms with van der Waals surface area (Å²) >= 11 is 0. The van der Waals surface area contributed by atoms with Gasteiger partial charge >= 0.3 is 0 Å². The summed E-state index contributed by atoms with van der Waals surface area (Å²) in [7, 11) is 1.61. The van der Waals surface area contributed by atoms with Crippen LogP contribution in [0.25, 0.3) is 0 Å². The fraction of sp³-hybridized carbons (Fsp3) is 0.280. The molecule has 8 heteroatoms. The van der Waals surface area contributed by atoms with Crippen molar-refractivity contribution in [3.05, 3.63) is 83.1 Å². The van der Waals surface area contributed by atoms with Crippen LogP contribution in [-0.2, 0) is 29.1 Å². The Kier molecular flexibility index (Phi) is 6.63. The van der Waals surface area contributed by atoms with Gasteiger partial charge in [0.15, 0.2) is 18.2 Å². The van der Waals surface area contributed by atoms with Gasteiger partial charge in [-0.1, -0.05) is 42.5 Å². The van der Waals surface area contributed by atoms with Crippen molar-refractivity contribution in [1.82, 2.24) is 14.9 Å². The minimum Gasteiger partial charge on any atom is -0.481 e. The van der Waals surface area contributed by atoms with Crippen molar-refractivity contribution < 1.29 is 18.7 Å². The molecule has 7 nitrogen and oxygen atoms in total. The monoisotopic (exact) mass is 448 g/mol. The van der Waals surface area contributed by atoms with Gasteiger partial charge in [0.25, 0.3) is 5.91 Å². The molecule has 2 amide bonds. The Hall–Kier alpha value is -3.81. The topological polar surface area (TPSA) is 75.6 Å². The number of aryl methyl sites for hydroxylation is 1. The van der Waals surface area contributed by atoms with E-state index in [1.165, 1.54) is 17.0 Å². The maximum absolute atomic E-state index is 13.7. The molecule has 0 spiro atoms. The molecule has 3 aromatic rings. The summed E-state index contributed by atoms with van der Waals surface area (Å²) in [5.74, 6) is 0.203. The smallest absolute Gasteiger partial charge is 0.260 e. The SMILES string of the molecule is Cc1nc(CN(C)C(=O)COc2ccccc2F)nc2c1CCC(=O)N2Cc1ccccc1. The number of nitrogens with zero attached hydrogens (tertiary/aromatic N) is 4. The molecule has 0 aliphatic carbocycles. The highest BCUT2D eigenvalue weighted by atomic mass is 19.1. The maximum Gasteiger partial charge on any atom is 0.260 e. The van der Waals surface area contributed by atoms with E-state index in [0.29, 0.717) is 31.0 Å². The van der Waals surface area contributed by atoms with Gasteiger partial charge in [0.05, 0.1) is 13.1 Å². The summed E-state index contributed by atoms with van der Waals surface area (Å²) in [6.45, 7) is 2.15. The molecule has 1 aromatic heterocycles. The molecule has 0 radical (unpaired) electrons. The fourth-order valence-corrected chi connectivity index (χ4v) is 3.75. The number of carbonyl (C=O) groups is 2. The number of para-hydroxylation sites is 1. The number of carbonyl (C=O) groups excluding carboxylic acids is 2. The van der Waals surface area contributed by atoms with Crippen molar-refractivity contribution in [3.63, 3.8) is 0 Å². The third-order valence-electron chi connectivity index (χ3n) is 5.56. The lowest BCUT2D eigenvalue weighted by Crippen LogP contribution is -2.37. The Balaban J connectivity index is 1.49. The van der Waals surface area contributed by atoms with Gasteiger partial charge in [0.2, 0.25) is 5.91 Å². The zero-order valence-corrected chi connectivity index (χ0v) is 18.6. The Morgan fingerprint density at radius 2 is 1.82 bits per heavy atom. The number of amides is 2. The highest BCUT2D eigenvalue weighted by molar-refractivity contribution is 5.95. The van der Waals surface area contributed by atoms with E-state index in [0.717, 1.165) is 16.8 Å². The van der Waals surface area contributed by atoms with Crippen LogP contribution in [0.15, 0.2) is 54.6 Å². The van der Waals surface area contributed by atoms with Crippen LogP contribution in [0.4, 0.5) is 10.2 Å². The van der Waals surface area contributed by atoms with Crippen LogP contribution < -0.4 is 9.64 Å². The van der Waals surface area contributed by atoms with Crippen LogP contribution in [0.2, 0.25) is 0 Å². The highest BCUT2D eigenvalue weighted by Crippen LogP contribution is 2.29. The molecular weight excluding hydrogens is 423 g/mol. The number of anilines is 1. The molecule has 2 aromatic carbocycles. The molecule has 0 atom stereocenters. The first kappa shape index (κ1) is 22.4. The Morgan fingerprint density at radius 1 is 1.09 bits per heavy atom. The van der Waals surface area contributed by atoms with E-state index in [1.54, 1.807) is 24.1 Å². The Morgan fingerprint density at radius 3 is 2.58 bits per heavy atom. The molecule has 0 unspecified atom stereocenters. The minimum atomic E-state index is -0.523. The molecule has 1 aliphatic heterocycles. The average Bonchev–Trinajstić information content (AvgIpc) is 2.81. The van der Waals surface area contributed by atoms with Crippen LogP contribution in [0, 0.1) is 12.7 Å². The third-order valence-corrected chi connectivity index (χ3v) is 5.56. The molecule has 170 valence electrons. The zero-order chi connectivity index (χ0) is 23.4. The van der Waals surface area contributed by atoms with Gasteiger partial charge in [-0.15, -0.1) is 0 Å². The van der Waals surface area contributed by atoms with Gasteiger partial charge in [0, 0.05) is 24.7 Å². The van der Waals surface area contributed by atoms with Crippen molar-refractivity contribution in [2.24, 2.45) is 0 Å². The predicted molar refractivity (Wildman–Crippen MR) is 121 cm³/mol. The van der Waals surface area contributed by atoms with Crippen molar-refractivity contribution >= 4 is 17.6 Å². The van der Waals surface area contributed by atoms with Gasteiger partial charge < -0.3 is 9.64 Å².